The fraction of sp³-hybridized carbons (Fsp3) is 0.625. The molecule has 0 spiro atoms. The van der Waals surface area contributed by atoms with Crippen molar-refractivity contribution < 1.29 is 4.79 Å². The predicted molar refractivity (Wildman–Crippen MR) is 81.9 cm³/mol. The van der Waals surface area contributed by atoms with Crippen LogP contribution in [0.5, 0.6) is 0 Å². The lowest BCUT2D eigenvalue weighted by Crippen LogP contribution is -2.29. The molecule has 4 heteroatoms. The van der Waals surface area contributed by atoms with Crippen molar-refractivity contribution in [1.82, 2.24) is 9.88 Å². The van der Waals surface area contributed by atoms with Gasteiger partial charge in [0.1, 0.15) is 5.69 Å². The molecule has 1 N–H and O–H groups in total. The highest BCUT2D eigenvalue weighted by Crippen LogP contribution is 2.22. The number of carbonyl (C=O) groups excluding carboxylic acids is 1. The lowest BCUT2D eigenvalue weighted by molar-refractivity contribution is 0.0781. The highest BCUT2D eigenvalue weighted by Gasteiger charge is 2.26. The molecule has 2 heterocycles. The summed E-state index contributed by atoms with van der Waals surface area (Å²) in [5, 5.41) is 3.30. The molecule has 0 saturated carbocycles. The molecular weight excluding hydrogens is 250 g/mol. The first-order chi connectivity index (χ1) is 9.74. The first-order valence-electron chi connectivity index (χ1n) is 7.73. The van der Waals surface area contributed by atoms with E-state index in [1.165, 1.54) is 12.8 Å². The number of nitrogens with zero attached hydrogens (tertiary/aromatic N) is 2. The maximum Gasteiger partial charge on any atom is 0.272 e. The number of anilines is 1. The zero-order valence-corrected chi connectivity index (χ0v) is 12.6. The van der Waals surface area contributed by atoms with Gasteiger partial charge in [0, 0.05) is 31.5 Å². The zero-order valence-electron chi connectivity index (χ0n) is 12.6. The van der Waals surface area contributed by atoms with Crippen LogP contribution >= 0.6 is 0 Å². The Morgan fingerprint density at radius 2 is 2.30 bits per heavy atom. The number of pyridine rings is 1. The summed E-state index contributed by atoms with van der Waals surface area (Å²) in [5.41, 5.74) is 1.54. The average molecular weight is 275 g/mol. The van der Waals surface area contributed by atoms with Gasteiger partial charge in [0.2, 0.25) is 0 Å². The van der Waals surface area contributed by atoms with Crippen molar-refractivity contribution in [3.63, 3.8) is 0 Å². The van der Waals surface area contributed by atoms with E-state index >= 15 is 0 Å². The minimum Gasteiger partial charge on any atom is -0.385 e. The van der Waals surface area contributed by atoms with E-state index < -0.39 is 0 Å². The van der Waals surface area contributed by atoms with Crippen LogP contribution in [0.15, 0.2) is 18.3 Å². The summed E-state index contributed by atoms with van der Waals surface area (Å²) < 4.78 is 0. The van der Waals surface area contributed by atoms with Crippen molar-refractivity contribution >= 4 is 11.6 Å². The lowest BCUT2D eigenvalue weighted by atomic mass is 10.0. The van der Waals surface area contributed by atoms with Crippen molar-refractivity contribution in [3.05, 3.63) is 24.0 Å². The highest BCUT2D eigenvalue weighted by atomic mass is 16.2. The standard InChI is InChI=1S/C16H25N3O/c1-3-5-13-7-10-19(12-13)16(20)15-11-14(6-9-18-15)17-8-4-2/h6,9,11,13H,3-5,7-8,10,12H2,1-2H3,(H,17,18). The Labute approximate surface area is 121 Å². The number of hydrogen-bond acceptors (Lipinski definition) is 3. The van der Waals surface area contributed by atoms with Crippen LogP contribution in [0.1, 0.15) is 50.0 Å². The van der Waals surface area contributed by atoms with Crippen molar-refractivity contribution in [2.24, 2.45) is 5.92 Å². The van der Waals surface area contributed by atoms with Crippen LogP contribution in [-0.4, -0.2) is 35.4 Å². The maximum absolute atomic E-state index is 12.5. The third kappa shape index (κ3) is 3.71. The molecule has 0 aliphatic carbocycles. The molecule has 0 radical (unpaired) electrons. The molecule has 2 rings (SSSR count). The van der Waals surface area contributed by atoms with Gasteiger partial charge in [-0.2, -0.15) is 0 Å². The molecule has 0 bridgehead atoms. The van der Waals surface area contributed by atoms with Crippen molar-refractivity contribution in [1.29, 1.82) is 0 Å². The monoisotopic (exact) mass is 275 g/mol. The van der Waals surface area contributed by atoms with Crippen LogP contribution in [0.3, 0.4) is 0 Å². The van der Waals surface area contributed by atoms with Gasteiger partial charge in [-0.25, -0.2) is 0 Å². The molecule has 20 heavy (non-hydrogen) atoms. The topological polar surface area (TPSA) is 45.2 Å². The third-order valence-electron chi connectivity index (χ3n) is 3.83. The minimum absolute atomic E-state index is 0.0729. The molecule has 1 aromatic rings. The summed E-state index contributed by atoms with van der Waals surface area (Å²) in [4.78, 5) is 18.6. The Bertz CT molecular complexity index is 447. The molecule has 1 saturated heterocycles. The van der Waals surface area contributed by atoms with Crippen LogP contribution in [-0.2, 0) is 0 Å². The summed E-state index contributed by atoms with van der Waals surface area (Å²) in [6.45, 7) is 7.01. The number of likely N-dealkylation sites (tertiary alicyclic amines) is 1. The third-order valence-corrected chi connectivity index (χ3v) is 3.83. The van der Waals surface area contributed by atoms with Crippen LogP contribution in [0.4, 0.5) is 5.69 Å². The summed E-state index contributed by atoms with van der Waals surface area (Å²) in [6, 6.07) is 3.78. The highest BCUT2D eigenvalue weighted by molar-refractivity contribution is 5.93. The van der Waals surface area contributed by atoms with Gasteiger partial charge in [-0.1, -0.05) is 20.3 Å². The molecule has 1 amide bonds. The fourth-order valence-corrected chi connectivity index (χ4v) is 2.75. The van der Waals surface area contributed by atoms with Crippen molar-refractivity contribution in [3.8, 4) is 0 Å². The van der Waals surface area contributed by atoms with Gasteiger partial charge in [0.15, 0.2) is 0 Å². The molecule has 1 unspecified atom stereocenters. The summed E-state index contributed by atoms with van der Waals surface area (Å²) >= 11 is 0. The normalized spacial score (nSPS) is 18.3. The molecular formula is C16H25N3O. The van der Waals surface area contributed by atoms with E-state index in [4.69, 9.17) is 0 Å². The first-order valence-corrected chi connectivity index (χ1v) is 7.73. The predicted octanol–water partition coefficient (Wildman–Crippen LogP) is 3.17. The quantitative estimate of drug-likeness (QED) is 0.867. The fourth-order valence-electron chi connectivity index (χ4n) is 2.75. The second-order valence-corrected chi connectivity index (χ2v) is 5.55. The number of amides is 1. The van der Waals surface area contributed by atoms with Crippen LogP contribution < -0.4 is 5.32 Å². The van der Waals surface area contributed by atoms with E-state index in [1.54, 1.807) is 6.20 Å². The van der Waals surface area contributed by atoms with Gasteiger partial charge in [-0.15, -0.1) is 0 Å². The van der Waals surface area contributed by atoms with Gasteiger partial charge in [0.25, 0.3) is 5.91 Å². The van der Waals surface area contributed by atoms with Gasteiger partial charge in [-0.05, 0) is 37.3 Å². The summed E-state index contributed by atoms with van der Waals surface area (Å²) in [6.07, 6.45) is 6.32. The van der Waals surface area contributed by atoms with Crippen LogP contribution in [0.25, 0.3) is 0 Å². The second kappa shape index (κ2) is 7.27. The van der Waals surface area contributed by atoms with E-state index in [0.717, 1.165) is 38.2 Å². The zero-order chi connectivity index (χ0) is 14.4. The summed E-state index contributed by atoms with van der Waals surface area (Å²) in [5.74, 6) is 0.745. The Morgan fingerprint density at radius 1 is 1.45 bits per heavy atom. The number of carbonyl (C=O) groups is 1. The summed E-state index contributed by atoms with van der Waals surface area (Å²) in [7, 11) is 0. The average Bonchev–Trinajstić information content (AvgIpc) is 2.93. The number of nitrogens with one attached hydrogen (secondary N) is 1. The largest absolute Gasteiger partial charge is 0.385 e. The first kappa shape index (κ1) is 14.8. The molecule has 0 aromatic carbocycles. The van der Waals surface area contributed by atoms with Gasteiger partial charge < -0.3 is 10.2 Å². The van der Waals surface area contributed by atoms with E-state index in [9.17, 15) is 4.79 Å². The Kier molecular flexibility index (Phi) is 5.39. The number of hydrogen-bond donors (Lipinski definition) is 1. The lowest BCUT2D eigenvalue weighted by Gasteiger charge is -2.16. The van der Waals surface area contributed by atoms with Crippen LogP contribution in [0, 0.1) is 5.92 Å². The Balaban J connectivity index is 1.98. The van der Waals surface area contributed by atoms with Gasteiger partial charge >= 0.3 is 0 Å². The molecule has 1 atom stereocenters. The number of aromatic nitrogens is 1. The van der Waals surface area contributed by atoms with E-state index in [1.807, 2.05) is 17.0 Å². The molecule has 1 aliphatic heterocycles. The molecule has 4 nitrogen and oxygen atoms in total. The Morgan fingerprint density at radius 3 is 3.05 bits per heavy atom. The SMILES string of the molecule is CCCNc1ccnc(C(=O)N2CCC(CCC)C2)c1. The van der Waals surface area contributed by atoms with E-state index in [2.05, 4.69) is 24.1 Å². The van der Waals surface area contributed by atoms with Gasteiger partial charge in [-0.3, -0.25) is 9.78 Å². The van der Waals surface area contributed by atoms with Gasteiger partial charge in [0.05, 0.1) is 0 Å². The molecule has 1 aliphatic rings. The Hall–Kier alpha value is -1.58. The molecule has 1 aromatic heterocycles. The smallest absolute Gasteiger partial charge is 0.272 e. The number of rotatable bonds is 6. The van der Waals surface area contributed by atoms with Crippen LogP contribution in [0.2, 0.25) is 0 Å². The molecule has 1 fully saturated rings. The van der Waals surface area contributed by atoms with E-state index in [-0.39, 0.29) is 5.91 Å². The second-order valence-electron chi connectivity index (χ2n) is 5.55. The maximum atomic E-state index is 12.5. The molecule has 110 valence electrons. The minimum atomic E-state index is 0.0729. The van der Waals surface area contributed by atoms with Crippen molar-refractivity contribution in [2.75, 3.05) is 25.0 Å². The van der Waals surface area contributed by atoms with Crippen molar-refractivity contribution in [2.45, 2.75) is 39.5 Å². The van der Waals surface area contributed by atoms with E-state index in [0.29, 0.717) is 11.6 Å².